The van der Waals surface area contributed by atoms with E-state index in [1.807, 2.05) is 0 Å². The molecule has 0 saturated heterocycles. The molecule has 1 heterocycles. The molecule has 0 spiro atoms. The molecule has 0 aliphatic heterocycles. The fourth-order valence-corrected chi connectivity index (χ4v) is 1.98. The minimum Gasteiger partial charge on any atom is -0.337 e. The third-order valence-corrected chi connectivity index (χ3v) is 2.99. The van der Waals surface area contributed by atoms with Crippen LogP contribution in [0.1, 0.15) is 10.4 Å². The van der Waals surface area contributed by atoms with Gasteiger partial charge in [-0.05, 0) is 24.3 Å². The van der Waals surface area contributed by atoms with Gasteiger partial charge in [-0.3, -0.25) is 10.0 Å². The molecule has 0 saturated carbocycles. The third kappa shape index (κ3) is 2.96. The van der Waals surface area contributed by atoms with Crippen molar-refractivity contribution in [3.63, 3.8) is 0 Å². The van der Waals surface area contributed by atoms with Crippen molar-refractivity contribution in [3.05, 3.63) is 52.1 Å². The Bertz CT molecular complexity index is 599. The maximum absolute atomic E-state index is 11.5. The van der Waals surface area contributed by atoms with Gasteiger partial charge in [0.2, 0.25) is 0 Å². The van der Waals surface area contributed by atoms with Crippen molar-refractivity contribution in [2.24, 2.45) is 0 Å². The Balaban J connectivity index is 2.42. The summed E-state index contributed by atoms with van der Waals surface area (Å²) in [4.78, 5) is 15.5. The Hall–Kier alpha value is -1.82. The van der Waals surface area contributed by atoms with Crippen molar-refractivity contribution in [2.45, 2.75) is 0 Å². The molecule has 0 aliphatic rings. The number of hydrogen-bond donors (Lipinski definition) is 3. The van der Waals surface area contributed by atoms with Crippen LogP contribution < -0.4 is 10.8 Å². The van der Waals surface area contributed by atoms with Crippen LogP contribution in [-0.4, -0.2) is 16.1 Å². The summed E-state index contributed by atoms with van der Waals surface area (Å²) in [6.45, 7) is 0. The van der Waals surface area contributed by atoms with E-state index in [1.54, 1.807) is 29.7 Å². The largest absolute Gasteiger partial charge is 0.337 e. The van der Waals surface area contributed by atoms with Gasteiger partial charge in [0.25, 0.3) is 5.91 Å². The molecule has 2 aromatic rings. The van der Waals surface area contributed by atoms with Gasteiger partial charge in [0, 0.05) is 6.20 Å². The van der Waals surface area contributed by atoms with E-state index in [9.17, 15) is 4.79 Å². The van der Waals surface area contributed by atoms with Crippen LogP contribution in [0.2, 0.25) is 10.0 Å². The quantitative estimate of drug-likeness (QED) is 0.600. The summed E-state index contributed by atoms with van der Waals surface area (Å²) in [5, 5.41) is 12.4. The lowest BCUT2D eigenvalue weighted by molar-refractivity contribution is 0.0707. The van der Waals surface area contributed by atoms with Crippen molar-refractivity contribution in [1.29, 1.82) is 0 Å². The number of benzene rings is 1. The number of hydrogen-bond acceptors (Lipinski definition) is 4. The predicted octanol–water partition coefficient (Wildman–Crippen LogP) is 3.25. The number of nitrogens with zero attached hydrogens (tertiary/aromatic N) is 1. The number of carbonyl (C=O) groups is 1. The molecule has 0 bridgehead atoms. The number of rotatable bonds is 3. The number of aromatic nitrogens is 1. The highest BCUT2D eigenvalue weighted by Crippen LogP contribution is 2.32. The molecule has 7 heteroatoms. The monoisotopic (exact) mass is 297 g/mol. The van der Waals surface area contributed by atoms with Gasteiger partial charge in [-0.1, -0.05) is 29.3 Å². The number of anilines is 2. The first kappa shape index (κ1) is 13.6. The molecule has 1 amide bonds. The molecule has 0 fully saturated rings. The van der Waals surface area contributed by atoms with Crippen LogP contribution in [0.15, 0.2) is 36.5 Å². The molecule has 1 aromatic carbocycles. The second kappa shape index (κ2) is 5.88. The second-order valence-corrected chi connectivity index (χ2v) is 4.38. The van der Waals surface area contributed by atoms with E-state index in [4.69, 9.17) is 28.4 Å². The molecule has 0 aliphatic carbocycles. The van der Waals surface area contributed by atoms with E-state index in [1.165, 1.54) is 12.3 Å². The van der Waals surface area contributed by atoms with Crippen LogP contribution in [0, 0.1) is 0 Å². The van der Waals surface area contributed by atoms with Gasteiger partial charge >= 0.3 is 0 Å². The Labute approximate surface area is 119 Å². The molecular formula is C12H9Cl2N3O2. The fourth-order valence-electron chi connectivity index (χ4n) is 1.48. The summed E-state index contributed by atoms with van der Waals surface area (Å²) in [7, 11) is 0. The van der Waals surface area contributed by atoms with Crippen molar-refractivity contribution in [3.8, 4) is 0 Å². The summed E-state index contributed by atoms with van der Waals surface area (Å²) >= 11 is 12.0. The van der Waals surface area contributed by atoms with Gasteiger partial charge in [-0.15, -0.1) is 0 Å². The molecule has 98 valence electrons. The molecule has 0 unspecified atom stereocenters. The number of hydroxylamine groups is 1. The maximum Gasteiger partial charge on any atom is 0.278 e. The van der Waals surface area contributed by atoms with E-state index in [2.05, 4.69) is 10.3 Å². The Morgan fingerprint density at radius 2 is 1.84 bits per heavy atom. The van der Waals surface area contributed by atoms with Crippen LogP contribution in [0.3, 0.4) is 0 Å². The van der Waals surface area contributed by atoms with Gasteiger partial charge in [-0.25, -0.2) is 10.5 Å². The van der Waals surface area contributed by atoms with E-state index in [0.717, 1.165) is 0 Å². The number of para-hydroxylation sites is 1. The van der Waals surface area contributed by atoms with Crippen LogP contribution >= 0.6 is 23.2 Å². The average molecular weight is 298 g/mol. The zero-order chi connectivity index (χ0) is 13.8. The number of nitrogens with one attached hydrogen (secondary N) is 2. The molecular weight excluding hydrogens is 289 g/mol. The minimum atomic E-state index is -0.682. The zero-order valence-corrected chi connectivity index (χ0v) is 11.0. The van der Waals surface area contributed by atoms with Gasteiger partial charge in [0.1, 0.15) is 5.82 Å². The molecule has 3 N–H and O–H groups in total. The first-order valence-corrected chi connectivity index (χ1v) is 5.99. The standard InChI is InChI=1S/C12H9Cl2N3O2/c13-8-4-1-5-9(14)10(8)16-11-7(12(18)17-19)3-2-6-15-11/h1-6,19H,(H,15,16)(H,17,18). The lowest BCUT2D eigenvalue weighted by Gasteiger charge is -2.12. The third-order valence-electron chi connectivity index (χ3n) is 2.36. The molecule has 0 radical (unpaired) electrons. The van der Waals surface area contributed by atoms with Gasteiger partial charge < -0.3 is 5.32 Å². The number of pyridine rings is 1. The van der Waals surface area contributed by atoms with Gasteiger partial charge in [-0.2, -0.15) is 0 Å². The lowest BCUT2D eigenvalue weighted by atomic mass is 10.2. The highest BCUT2D eigenvalue weighted by atomic mass is 35.5. The summed E-state index contributed by atoms with van der Waals surface area (Å²) in [6.07, 6.45) is 1.50. The topological polar surface area (TPSA) is 74.2 Å². The normalized spacial score (nSPS) is 10.1. The first-order chi connectivity index (χ1) is 9.13. The fraction of sp³-hybridized carbons (Fsp3) is 0. The summed E-state index contributed by atoms with van der Waals surface area (Å²) in [5.41, 5.74) is 2.16. The number of halogens is 2. The SMILES string of the molecule is O=C(NO)c1cccnc1Nc1c(Cl)cccc1Cl. The van der Waals surface area contributed by atoms with Crippen LogP contribution in [0.25, 0.3) is 0 Å². The van der Waals surface area contributed by atoms with E-state index in [0.29, 0.717) is 15.7 Å². The lowest BCUT2D eigenvalue weighted by Crippen LogP contribution is -2.20. The van der Waals surface area contributed by atoms with E-state index in [-0.39, 0.29) is 11.4 Å². The van der Waals surface area contributed by atoms with Crippen LogP contribution in [-0.2, 0) is 0 Å². The minimum absolute atomic E-state index is 0.168. The summed E-state index contributed by atoms with van der Waals surface area (Å²) in [5.74, 6) is -0.442. The predicted molar refractivity (Wildman–Crippen MR) is 73.2 cm³/mol. The van der Waals surface area contributed by atoms with E-state index >= 15 is 0 Å². The number of carbonyl (C=O) groups excluding carboxylic acids is 1. The molecule has 19 heavy (non-hydrogen) atoms. The van der Waals surface area contributed by atoms with Crippen LogP contribution in [0.5, 0.6) is 0 Å². The van der Waals surface area contributed by atoms with Crippen molar-refractivity contribution in [2.75, 3.05) is 5.32 Å². The molecule has 0 atom stereocenters. The summed E-state index contributed by atoms with van der Waals surface area (Å²) < 4.78 is 0. The van der Waals surface area contributed by atoms with Crippen molar-refractivity contribution in [1.82, 2.24) is 10.5 Å². The smallest absolute Gasteiger partial charge is 0.278 e. The second-order valence-electron chi connectivity index (χ2n) is 3.56. The van der Waals surface area contributed by atoms with Gasteiger partial charge in [0.15, 0.2) is 0 Å². The highest BCUT2D eigenvalue weighted by Gasteiger charge is 2.14. The first-order valence-electron chi connectivity index (χ1n) is 5.24. The van der Waals surface area contributed by atoms with Gasteiger partial charge in [0.05, 0.1) is 21.3 Å². The Morgan fingerprint density at radius 1 is 1.16 bits per heavy atom. The highest BCUT2D eigenvalue weighted by molar-refractivity contribution is 6.39. The zero-order valence-electron chi connectivity index (χ0n) is 9.52. The molecule has 1 aromatic heterocycles. The van der Waals surface area contributed by atoms with Crippen LogP contribution in [0.4, 0.5) is 11.5 Å². The average Bonchev–Trinajstić information content (AvgIpc) is 2.42. The Kier molecular flexibility index (Phi) is 4.21. The molecule has 2 rings (SSSR count). The van der Waals surface area contributed by atoms with E-state index < -0.39 is 5.91 Å². The molecule has 5 nitrogen and oxygen atoms in total. The Morgan fingerprint density at radius 3 is 2.47 bits per heavy atom. The van der Waals surface area contributed by atoms with Crippen molar-refractivity contribution >= 4 is 40.6 Å². The number of amides is 1. The maximum atomic E-state index is 11.5. The summed E-state index contributed by atoms with van der Waals surface area (Å²) in [6, 6.07) is 8.10. The van der Waals surface area contributed by atoms with Crippen molar-refractivity contribution < 1.29 is 10.0 Å².